The molecular formula is C22H30BrNO4S. The lowest BCUT2D eigenvalue weighted by Crippen LogP contribution is -2.49. The van der Waals surface area contributed by atoms with Gasteiger partial charge in [0.25, 0.3) is 0 Å². The number of hydroxylamine groups is 2. The topological polar surface area (TPSA) is 66.8 Å². The van der Waals surface area contributed by atoms with Gasteiger partial charge in [0.1, 0.15) is 5.75 Å². The third-order valence-electron chi connectivity index (χ3n) is 5.32. The second-order valence-electron chi connectivity index (χ2n) is 7.25. The molecule has 29 heavy (non-hydrogen) atoms. The maximum Gasteiger partial charge on any atom is 0.180 e. The highest BCUT2D eigenvalue weighted by Crippen LogP contribution is 2.39. The van der Waals surface area contributed by atoms with Crippen LogP contribution in [0.4, 0.5) is 0 Å². The van der Waals surface area contributed by atoms with Gasteiger partial charge in [0.2, 0.25) is 0 Å². The molecule has 5 nitrogen and oxygen atoms in total. The molecular weight excluding hydrogens is 454 g/mol. The fourth-order valence-corrected chi connectivity index (χ4v) is 6.26. The van der Waals surface area contributed by atoms with Gasteiger partial charge in [0, 0.05) is 6.07 Å². The maximum absolute atomic E-state index is 12.9. The summed E-state index contributed by atoms with van der Waals surface area (Å²) >= 11 is 3.39. The molecule has 7 heteroatoms. The Morgan fingerprint density at radius 1 is 1.14 bits per heavy atom. The van der Waals surface area contributed by atoms with Crippen LogP contribution in [0, 0.1) is 0 Å². The van der Waals surface area contributed by atoms with Gasteiger partial charge in [-0.1, -0.05) is 63.1 Å². The summed E-state index contributed by atoms with van der Waals surface area (Å²) in [4.78, 5) is 0.253. The van der Waals surface area contributed by atoms with E-state index in [4.69, 9.17) is 4.74 Å². The van der Waals surface area contributed by atoms with Crippen LogP contribution in [0.5, 0.6) is 5.75 Å². The number of methoxy groups -OCH3 is 1. The number of fused-ring (bicyclic) bond motifs is 1. The smallest absolute Gasteiger partial charge is 0.180 e. The van der Waals surface area contributed by atoms with Gasteiger partial charge in [-0.15, -0.1) is 0 Å². The minimum absolute atomic E-state index is 0.0786. The van der Waals surface area contributed by atoms with Crippen molar-refractivity contribution >= 4 is 25.8 Å². The van der Waals surface area contributed by atoms with Gasteiger partial charge in [-0.05, 0) is 40.4 Å². The van der Waals surface area contributed by atoms with Gasteiger partial charge >= 0.3 is 0 Å². The van der Waals surface area contributed by atoms with Crippen molar-refractivity contribution in [1.29, 1.82) is 0 Å². The molecule has 0 amide bonds. The number of unbranched alkanes of at least 4 members (excludes halogenated alkanes) is 1. The van der Waals surface area contributed by atoms with E-state index in [-0.39, 0.29) is 17.2 Å². The highest BCUT2D eigenvalue weighted by atomic mass is 79.9. The van der Waals surface area contributed by atoms with Gasteiger partial charge < -0.3 is 9.94 Å². The molecule has 1 aliphatic heterocycles. The second-order valence-corrected chi connectivity index (χ2v) is 10.1. The van der Waals surface area contributed by atoms with E-state index in [1.165, 1.54) is 12.2 Å². The lowest BCUT2D eigenvalue weighted by atomic mass is 9.91. The quantitative estimate of drug-likeness (QED) is 0.611. The molecule has 1 heterocycles. The van der Waals surface area contributed by atoms with Crippen LogP contribution in [0.2, 0.25) is 0 Å². The first kappa shape index (κ1) is 23.9. The molecule has 2 aromatic carbocycles. The van der Waals surface area contributed by atoms with Crippen molar-refractivity contribution in [1.82, 2.24) is 5.06 Å². The Balaban J connectivity index is 0.000000426. The van der Waals surface area contributed by atoms with Crippen LogP contribution in [0.1, 0.15) is 45.1 Å². The molecule has 1 aliphatic rings. The molecule has 1 N–H and O–H groups in total. The second kappa shape index (κ2) is 10.6. The van der Waals surface area contributed by atoms with Gasteiger partial charge in [0.15, 0.2) is 9.84 Å². The predicted octanol–water partition coefficient (Wildman–Crippen LogP) is 5.46. The molecule has 3 rings (SSSR count). The van der Waals surface area contributed by atoms with E-state index in [9.17, 15) is 13.6 Å². The standard InChI is InChI=1S/C16H24BrNO4S.C6H6/c1-4-6-7-16(5-2)11-23(20,21)15-9-14(22-3)13(17)8-12(15)10-18(16)19;1-2-4-6-5-3-1/h8-9,19H,4-7,10-11H2,1-3H3;1-6H/t16-;/m1./s1. The van der Waals surface area contributed by atoms with Crippen LogP contribution in [0.15, 0.2) is 57.9 Å². The monoisotopic (exact) mass is 483 g/mol. The third-order valence-corrected chi connectivity index (χ3v) is 7.90. The highest BCUT2D eigenvalue weighted by molar-refractivity contribution is 9.10. The molecule has 0 unspecified atom stereocenters. The minimum Gasteiger partial charge on any atom is -0.496 e. The summed E-state index contributed by atoms with van der Waals surface area (Å²) in [6.45, 7) is 4.18. The van der Waals surface area contributed by atoms with Gasteiger partial charge in [0.05, 0.1) is 34.3 Å². The number of nitrogens with zero attached hydrogens (tertiary/aromatic N) is 1. The largest absolute Gasteiger partial charge is 0.496 e. The Bertz CT molecular complexity index is 862. The van der Waals surface area contributed by atoms with Crippen molar-refractivity contribution in [2.45, 2.75) is 56.5 Å². The molecule has 0 aromatic heterocycles. The van der Waals surface area contributed by atoms with Crippen LogP contribution in [0.3, 0.4) is 0 Å². The Morgan fingerprint density at radius 3 is 2.21 bits per heavy atom. The van der Waals surface area contributed by atoms with E-state index in [1.807, 2.05) is 43.3 Å². The molecule has 2 aromatic rings. The zero-order valence-corrected chi connectivity index (χ0v) is 19.7. The van der Waals surface area contributed by atoms with E-state index < -0.39 is 15.4 Å². The van der Waals surface area contributed by atoms with Crippen molar-refractivity contribution < 1.29 is 18.4 Å². The summed E-state index contributed by atoms with van der Waals surface area (Å²) in [5.41, 5.74) is -0.153. The van der Waals surface area contributed by atoms with E-state index in [1.54, 1.807) is 12.1 Å². The van der Waals surface area contributed by atoms with Gasteiger partial charge in [-0.3, -0.25) is 0 Å². The molecule has 0 fully saturated rings. The molecule has 0 aliphatic carbocycles. The summed E-state index contributed by atoms with van der Waals surface area (Å²) in [7, 11) is -2.01. The number of rotatable bonds is 5. The summed E-state index contributed by atoms with van der Waals surface area (Å²) in [5, 5.41) is 11.9. The van der Waals surface area contributed by atoms with E-state index >= 15 is 0 Å². The van der Waals surface area contributed by atoms with Crippen molar-refractivity contribution in [3.63, 3.8) is 0 Å². The molecule has 0 saturated heterocycles. The fraction of sp³-hybridized carbons (Fsp3) is 0.455. The minimum atomic E-state index is -3.51. The predicted molar refractivity (Wildman–Crippen MR) is 119 cm³/mol. The Morgan fingerprint density at radius 2 is 1.72 bits per heavy atom. The number of sulfone groups is 1. The Kier molecular flexibility index (Phi) is 8.70. The summed E-state index contributed by atoms with van der Waals surface area (Å²) in [6.07, 6.45) is 3.07. The van der Waals surface area contributed by atoms with Crippen LogP contribution < -0.4 is 4.74 Å². The first-order valence-corrected chi connectivity index (χ1v) is 12.3. The normalized spacial score (nSPS) is 20.7. The molecule has 160 valence electrons. The lowest BCUT2D eigenvalue weighted by Gasteiger charge is -2.37. The average Bonchev–Trinajstić information content (AvgIpc) is 2.80. The van der Waals surface area contributed by atoms with Crippen LogP contribution in [-0.4, -0.2) is 37.1 Å². The van der Waals surface area contributed by atoms with Gasteiger partial charge in [-0.2, -0.15) is 5.06 Å². The van der Waals surface area contributed by atoms with Gasteiger partial charge in [-0.25, -0.2) is 8.42 Å². The molecule has 0 saturated carbocycles. The number of ether oxygens (including phenoxy) is 1. The average molecular weight is 484 g/mol. The van der Waals surface area contributed by atoms with Crippen LogP contribution >= 0.6 is 15.9 Å². The summed E-state index contributed by atoms with van der Waals surface area (Å²) in [6, 6.07) is 15.3. The Hall–Kier alpha value is -1.41. The molecule has 0 bridgehead atoms. The summed E-state index contributed by atoms with van der Waals surface area (Å²) < 4.78 is 31.8. The molecule has 0 spiro atoms. The fourth-order valence-electron chi connectivity index (χ4n) is 3.53. The SMILES string of the molecule is CCCC[C@]1(CC)CS(=O)(=O)c2cc(OC)c(Br)cc2CN1O.c1ccccc1. The first-order valence-electron chi connectivity index (χ1n) is 9.85. The van der Waals surface area contributed by atoms with Crippen LogP contribution in [0.25, 0.3) is 0 Å². The molecule has 0 radical (unpaired) electrons. The highest BCUT2D eigenvalue weighted by Gasteiger charge is 2.43. The zero-order chi connectivity index (χ0) is 21.5. The van der Waals surface area contributed by atoms with Crippen molar-refractivity contribution in [2.75, 3.05) is 12.9 Å². The van der Waals surface area contributed by atoms with E-state index in [0.717, 1.165) is 12.8 Å². The molecule has 1 atom stereocenters. The number of halogens is 1. The number of benzene rings is 2. The Labute approximate surface area is 182 Å². The van der Waals surface area contributed by atoms with Crippen LogP contribution in [-0.2, 0) is 16.4 Å². The lowest BCUT2D eigenvalue weighted by molar-refractivity contribution is -0.178. The van der Waals surface area contributed by atoms with E-state index in [0.29, 0.717) is 28.6 Å². The van der Waals surface area contributed by atoms with E-state index in [2.05, 4.69) is 22.9 Å². The zero-order valence-electron chi connectivity index (χ0n) is 17.3. The first-order chi connectivity index (χ1) is 13.8. The van der Waals surface area contributed by atoms with Crippen molar-refractivity contribution in [2.24, 2.45) is 0 Å². The number of hydrogen-bond acceptors (Lipinski definition) is 5. The maximum atomic E-state index is 12.9. The third kappa shape index (κ3) is 5.81. The van der Waals surface area contributed by atoms with Crippen molar-refractivity contribution in [3.05, 3.63) is 58.6 Å². The van der Waals surface area contributed by atoms with Crippen molar-refractivity contribution in [3.8, 4) is 5.75 Å². The number of hydrogen-bond donors (Lipinski definition) is 1. The summed E-state index contributed by atoms with van der Waals surface area (Å²) in [5.74, 6) is 0.402.